The van der Waals surface area contributed by atoms with Gasteiger partial charge in [0.05, 0.1) is 12.2 Å². The number of unbranched alkanes of at least 4 members (excludes halogenated alkanes) is 3. The molecular weight excluding hydrogens is 258 g/mol. The zero-order valence-electron chi connectivity index (χ0n) is 14.3. The van der Waals surface area contributed by atoms with Crippen LogP contribution in [-0.2, 0) is 4.74 Å². The monoisotopic (exact) mass is 291 g/mol. The lowest BCUT2D eigenvalue weighted by atomic mass is 9.99. The van der Waals surface area contributed by atoms with Crippen molar-refractivity contribution in [1.82, 2.24) is 0 Å². The Morgan fingerprint density at radius 1 is 1.05 bits per heavy atom. The van der Waals surface area contributed by atoms with Gasteiger partial charge >= 0.3 is 0 Å². The molecule has 0 bridgehead atoms. The van der Waals surface area contributed by atoms with E-state index in [1.807, 2.05) is 0 Å². The number of benzene rings is 1. The SMILES string of the molecule is CCCCCCC(C)OC(c1ccc(C)cc1)C(N)CC. The van der Waals surface area contributed by atoms with Gasteiger partial charge in [-0.3, -0.25) is 0 Å². The zero-order chi connectivity index (χ0) is 15.7. The van der Waals surface area contributed by atoms with Crippen LogP contribution in [0.3, 0.4) is 0 Å². The van der Waals surface area contributed by atoms with Crippen LogP contribution < -0.4 is 5.73 Å². The molecule has 0 saturated carbocycles. The first-order valence-corrected chi connectivity index (χ1v) is 8.56. The Balaban J connectivity index is 2.59. The summed E-state index contributed by atoms with van der Waals surface area (Å²) in [4.78, 5) is 0. The highest BCUT2D eigenvalue weighted by molar-refractivity contribution is 5.24. The average Bonchev–Trinajstić information content (AvgIpc) is 2.49. The van der Waals surface area contributed by atoms with E-state index in [2.05, 4.69) is 52.0 Å². The molecule has 0 aromatic heterocycles. The Hall–Kier alpha value is -0.860. The van der Waals surface area contributed by atoms with Crippen LogP contribution in [0.2, 0.25) is 0 Å². The predicted molar refractivity (Wildman–Crippen MR) is 91.5 cm³/mol. The molecule has 1 aromatic carbocycles. The van der Waals surface area contributed by atoms with Gasteiger partial charge in [0.2, 0.25) is 0 Å². The molecule has 0 saturated heterocycles. The maximum atomic E-state index is 6.29. The van der Waals surface area contributed by atoms with E-state index in [-0.39, 0.29) is 18.2 Å². The minimum atomic E-state index is 0.0109. The van der Waals surface area contributed by atoms with E-state index >= 15 is 0 Å². The molecule has 0 heterocycles. The second-order valence-corrected chi connectivity index (χ2v) is 6.20. The summed E-state index contributed by atoms with van der Waals surface area (Å²) in [5, 5.41) is 0. The second-order valence-electron chi connectivity index (χ2n) is 6.20. The Labute approximate surface area is 131 Å². The van der Waals surface area contributed by atoms with E-state index < -0.39 is 0 Å². The highest BCUT2D eigenvalue weighted by Crippen LogP contribution is 2.25. The standard InChI is InChI=1S/C19H33NO/c1-5-7-8-9-10-16(4)21-19(18(20)6-2)17-13-11-15(3)12-14-17/h11-14,16,18-19H,5-10,20H2,1-4H3. The normalized spacial score (nSPS) is 15.7. The molecule has 3 atom stereocenters. The van der Waals surface area contributed by atoms with Crippen LogP contribution >= 0.6 is 0 Å². The highest BCUT2D eigenvalue weighted by Gasteiger charge is 2.21. The topological polar surface area (TPSA) is 35.2 Å². The van der Waals surface area contributed by atoms with Gasteiger partial charge in [-0.25, -0.2) is 0 Å². The molecular formula is C19H33NO. The summed E-state index contributed by atoms with van der Waals surface area (Å²) in [5.41, 5.74) is 8.76. The highest BCUT2D eigenvalue weighted by atomic mass is 16.5. The minimum Gasteiger partial charge on any atom is -0.369 e. The summed E-state index contributed by atoms with van der Waals surface area (Å²) in [6.07, 6.45) is 7.49. The third kappa shape index (κ3) is 6.62. The van der Waals surface area contributed by atoms with Crippen molar-refractivity contribution in [3.8, 4) is 0 Å². The molecule has 0 aliphatic carbocycles. The van der Waals surface area contributed by atoms with Gasteiger partial charge in [-0.15, -0.1) is 0 Å². The van der Waals surface area contributed by atoms with Crippen molar-refractivity contribution >= 4 is 0 Å². The fourth-order valence-electron chi connectivity index (χ4n) is 2.57. The average molecular weight is 291 g/mol. The van der Waals surface area contributed by atoms with Crippen molar-refractivity contribution in [2.24, 2.45) is 5.73 Å². The van der Waals surface area contributed by atoms with Crippen LogP contribution in [0.5, 0.6) is 0 Å². The van der Waals surface area contributed by atoms with Crippen LogP contribution in [0.4, 0.5) is 0 Å². The number of hydrogen-bond donors (Lipinski definition) is 1. The number of rotatable bonds is 10. The Bertz CT molecular complexity index is 374. The molecule has 2 N–H and O–H groups in total. The van der Waals surface area contributed by atoms with Crippen LogP contribution in [0.1, 0.15) is 76.5 Å². The van der Waals surface area contributed by atoms with Crippen LogP contribution in [-0.4, -0.2) is 12.1 Å². The predicted octanol–water partition coefficient (Wildman–Crippen LogP) is 5.15. The molecule has 21 heavy (non-hydrogen) atoms. The van der Waals surface area contributed by atoms with Crippen molar-refractivity contribution in [1.29, 1.82) is 0 Å². The lowest BCUT2D eigenvalue weighted by Gasteiger charge is -2.27. The lowest BCUT2D eigenvalue weighted by Crippen LogP contribution is -2.31. The first-order valence-electron chi connectivity index (χ1n) is 8.56. The summed E-state index contributed by atoms with van der Waals surface area (Å²) in [5.74, 6) is 0. The largest absolute Gasteiger partial charge is 0.369 e. The molecule has 2 heteroatoms. The number of aryl methyl sites for hydroxylation is 1. The minimum absolute atomic E-state index is 0.0109. The molecule has 0 amide bonds. The van der Waals surface area contributed by atoms with Gasteiger partial charge in [-0.05, 0) is 32.3 Å². The number of ether oxygens (including phenoxy) is 1. The van der Waals surface area contributed by atoms with E-state index in [0.29, 0.717) is 0 Å². The first-order chi connectivity index (χ1) is 10.1. The van der Waals surface area contributed by atoms with E-state index in [9.17, 15) is 0 Å². The molecule has 1 rings (SSSR count). The van der Waals surface area contributed by atoms with Crippen molar-refractivity contribution in [3.63, 3.8) is 0 Å². The zero-order valence-corrected chi connectivity index (χ0v) is 14.3. The Morgan fingerprint density at radius 3 is 2.29 bits per heavy atom. The maximum absolute atomic E-state index is 6.29. The van der Waals surface area contributed by atoms with E-state index in [1.165, 1.54) is 36.8 Å². The van der Waals surface area contributed by atoms with Gasteiger partial charge in [0.1, 0.15) is 0 Å². The third-order valence-corrected chi connectivity index (χ3v) is 4.11. The summed E-state index contributed by atoms with van der Waals surface area (Å²) in [6, 6.07) is 8.64. The Morgan fingerprint density at radius 2 is 1.71 bits per heavy atom. The fourth-order valence-corrected chi connectivity index (χ4v) is 2.57. The molecule has 120 valence electrons. The van der Waals surface area contributed by atoms with Gasteiger partial charge in [-0.1, -0.05) is 69.4 Å². The molecule has 0 radical (unpaired) electrons. The van der Waals surface area contributed by atoms with Gasteiger partial charge in [0.25, 0.3) is 0 Å². The van der Waals surface area contributed by atoms with Crippen molar-refractivity contribution in [2.75, 3.05) is 0 Å². The van der Waals surface area contributed by atoms with Crippen molar-refractivity contribution in [3.05, 3.63) is 35.4 Å². The number of hydrogen-bond acceptors (Lipinski definition) is 2. The third-order valence-electron chi connectivity index (χ3n) is 4.11. The van der Waals surface area contributed by atoms with Crippen LogP contribution in [0.15, 0.2) is 24.3 Å². The van der Waals surface area contributed by atoms with E-state index in [4.69, 9.17) is 10.5 Å². The molecule has 0 aliphatic heterocycles. The summed E-state index contributed by atoms with van der Waals surface area (Å²) >= 11 is 0. The Kier molecular flexibility index (Phi) is 8.63. The first kappa shape index (κ1) is 18.2. The van der Waals surface area contributed by atoms with Crippen molar-refractivity contribution < 1.29 is 4.74 Å². The summed E-state index contributed by atoms with van der Waals surface area (Å²) < 4.78 is 6.28. The summed E-state index contributed by atoms with van der Waals surface area (Å²) in [7, 11) is 0. The van der Waals surface area contributed by atoms with Crippen LogP contribution in [0.25, 0.3) is 0 Å². The number of nitrogens with two attached hydrogens (primary N) is 1. The van der Waals surface area contributed by atoms with E-state index in [0.717, 1.165) is 12.8 Å². The molecule has 0 aliphatic rings. The lowest BCUT2D eigenvalue weighted by molar-refractivity contribution is -0.0230. The van der Waals surface area contributed by atoms with Gasteiger partial charge < -0.3 is 10.5 Å². The van der Waals surface area contributed by atoms with E-state index in [1.54, 1.807) is 0 Å². The van der Waals surface area contributed by atoms with Crippen LogP contribution in [0, 0.1) is 6.92 Å². The quantitative estimate of drug-likeness (QED) is 0.605. The molecule has 2 nitrogen and oxygen atoms in total. The maximum Gasteiger partial charge on any atom is 0.0979 e. The second kappa shape index (κ2) is 9.97. The van der Waals surface area contributed by atoms with Gasteiger partial charge in [0, 0.05) is 6.04 Å². The summed E-state index contributed by atoms with van der Waals surface area (Å²) in [6.45, 7) is 8.65. The molecule has 0 spiro atoms. The van der Waals surface area contributed by atoms with Gasteiger partial charge in [-0.2, -0.15) is 0 Å². The molecule has 0 fully saturated rings. The van der Waals surface area contributed by atoms with Crippen molar-refractivity contribution in [2.45, 2.75) is 84.5 Å². The fraction of sp³-hybridized carbons (Fsp3) is 0.684. The smallest absolute Gasteiger partial charge is 0.0979 e. The van der Waals surface area contributed by atoms with Gasteiger partial charge in [0.15, 0.2) is 0 Å². The molecule has 3 unspecified atom stereocenters. The molecule has 1 aromatic rings.